The molecular weight excluding hydrogens is 333 g/mol. The van der Waals surface area contributed by atoms with Crippen molar-refractivity contribution in [3.8, 4) is 0 Å². The third-order valence-electron chi connectivity index (χ3n) is 3.10. The Morgan fingerprint density at radius 2 is 1.61 bits per heavy atom. The number of rotatable bonds is 4. The van der Waals surface area contributed by atoms with Crippen molar-refractivity contribution in [3.05, 3.63) is 68.8 Å². The first kappa shape index (κ1) is 13.6. The summed E-state index contributed by atoms with van der Waals surface area (Å²) in [6.45, 7) is 5.23. The Morgan fingerprint density at radius 1 is 1.00 bits per heavy atom. The van der Waals surface area contributed by atoms with E-state index in [9.17, 15) is 0 Å². The Morgan fingerprint density at radius 3 is 2.22 bits per heavy atom. The quantitative estimate of drug-likeness (QED) is 0.803. The Hall–Kier alpha value is -0.870. The summed E-state index contributed by atoms with van der Waals surface area (Å²) in [5.74, 6) is 0. The lowest BCUT2D eigenvalue weighted by Crippen LogP contribution is -2.17. The zero-order valence-electron chi connectivity index (χ0n) is 10.8. The van der Waals surface area contributed by atoms with Crippen molar-refractivity contribution < 1.29 is 0 Å². The summed E-state index contributed by atoms with van der Waals surface area (Å²) in [5, 5.41) is 3.55. The molecule has 1 atom stereocenters. The molecule has 2 aromatic carbocycles. The van der Waals surface area contributed by atoms with Crippen LogP contribution in [-0.4, -0.2) is 0 Å². The molecule has 0 spiro atoms. The SMILES string of the molecule is Cc1ccc([C@H](C)NCc2ccc(I)cc2)cc1. The molecule has 0 saturated heterocycles. The van der Waals surface area contributed by atoms with Gasteiger partial charge in [-0.3, -0.25) is 0 Å². The standard InChI is InChI=1S/C16H18IN/c1-12-3-7-15(8-4-12)13(2)18-11-14-5-9-16(17)10-6-14/h3-10,13,18H,11H2,1-2H3/t13-/m0/s1. The number of hydrogen-bond acceptors (Lipinski definition) is 1. The van der Waals surface area contributed by atoms with Crippen molar-refractivity contribution in [1.29, 1.82) is 0 Å². The lowest BCUT2D eigenvalue weighted by atomic mass is 10.1. The molecule has 0 saturated carbocycles. The Labute approximate surface area is 123 Å². The molecule has 94 valence electrons. The number of halogens is 1. The molecule has 0 amide bonds. The van der Waals surface area contributed by atoms with Crippen LogP contribution in [0.15, 0.2) is 48.5 Å². The second-order valence-corrected chi connectivity index (χ2v) is 5.89. The van der Waals surface area contributed by atoms with Gasteiger partial charge in [0.2, 0.25) is 0 Å². The van der Waals surface area contributed by atoms with Crippen LogP contribution in [0.25, 0.3) is 0 Å². The highest BCUT2D eigenvalue weighted by Gasteiger charge is 2.04. The smallest absolute Gasteiger partial charge is 0.0294 e. The molecular formula is C16H18IN. The zero-order chi connectivity index (χ0) is 13.0. The van der Waals surface area contributed by atoms with E-state index in [1.807, 2.05) is 0 Å². The van der Waals surface area contributed by atoms with Crippen LogP contribution in [0.2, 0.25) is 0 Å². The maximum Gasteiger partial charge on any atom is 0.0294 e. The van der Waals surface area contributed by atoms with Crippen molar-refractivity contribution in [1.82, 2.24) is 5.32 Å². The highest BCUT2D eigenvalue weighted by atomic mass is 127. The van der Waals surface area contributed by atoms with Gasteiger partial charge in [0.05, 0.1) is 0 Å². The van der Waals surface area contributed by atoms with E-state index >= 15 is 0 Å². The fourth-order valence-electron chi connectivity index (χ4n) is 1.85. The van der Waals surface area contributed by atoms with Gasteiger partial charge in [0.25, 0.3) is 0 Å². The topological polar surface area (TPSA) is 12.0 Å². The summed E-state index contributed by atoms with van der Waals surface area (Å²) in [7, 11) is 0. The predicted molar refractivity (Wildman–Crippen MR) is 85.6 cm³/mol. The van der Waals surface area contributed by atoms with Gasteiger partial charge in [-0.15, -0.1) is 0 Å². The van der Waals surface area contributed by atoms with E-state index in [0.717, 1.165) is 6.54 Å². The van der Waals surface area contributed by atoms with E-state index in [-0.39, 0.29) is 0 Å². The Kier molecular flexibility index (Phi) is 4.78. The molecule has 0 heterocycles. The summed E-state index contributed by atoms with van der Waals surface area (Å²) in [6, 6.07) is 17.7. The van der Waals surface area contributed by atoms with Gasteiger partial charge in [-0.1, -0.05) is 42.0 Å². The van der Waals surface area contributed by atoms with Crippen LogP contribution in [0.4, 0.5) is 0 Å². The first-order valence-electron chi connectivity index (χ1n) is 6.19. The molecule has 0 bridgehead atoms. The zero-order valence-corrected chi connectivity index (χ0v) is 12.9. The fourth-order valence-corrected chi connectivity index (χ4v) is 2.21. The van der Waals surface area contributed by atoms with Gasteiger partial charge < -0.3 is 5.32 Å². The molecule has 2 rings (SSSR count). The van der Waals surface area contributed by atoms with Crippen LogP contribution < -0.4 is 5.32 Å². The minimum absolute atomic E-state index is 0.380. The molecule has 0 aromatic heterocycles. The van der Waals surface area contributed by atoms with E-state index in [0.29, 0.717) is 6.04 Å². The average Bonchev–Trinajstić information content (AvgIpc) is 2.38. The lowest BCUT2D eigenvalue weighted by Gasteiger charge is -2.14. The minimum Gasteiger partial charge on any atom is -0.306 e. The number of hydrogen-bond donors (Lipinski definition) is 1. The van der Waals surface area contributed by atoms with Gasteiger partial charge in [0.15, 0.2) is 0 Å². The van der Waals surface area contributed by atoms with Crippen molar-refractivity contribution in [3.63, 3.8) is 0 Å². The summed E-state index contributed by atoms with van der Waals surface area (Å²) >= 11 is 2.33. The monoisotopic (exact) mass is 351 g/mol. The first-order chi connectivity index (χ1) is 8.65. The van der Waals surface area contributed by atoms with Crippen LogP contribution in [-0.2, 0) is 6.54 Å². The van der Waals surface area contributed by atoms with Crippen LogP contribution in [0.5, 0.6) is 0 Å². The molecule has 2 heteroatoms. The average molecular weight is 351 g/mol. The molecule has 2 aromatic rings. The van der Waals surface area contributed by atoms with Gasteiger partial charge >= 0.3 is 0 Å². The maximum absolute atomic E-state index is 3.55. The number of nitrogens with one attached hydrogen (secondary N) is 1. The molecule has 0 unspecified atom stereocenters. The summed E-state index contributed by atoms with van der Waals surface area (Å²) in [6.07, 6.45) is 0. The van der Waals surface area contributed by atoms with Crippen molar-refractivity contribution >= 4 is 22.6 Å². The molecule has 0 aliphatic carbocycles. The van der Waals surface area contributed by atoms with Gasteiger partial charge in [-0.25, -0.2) is 0 Å². The number of benzene rings is 2. The lowest BCUT2D eigenvalue weighted by molar-refractivity contribution is 0.574. The van der Waals surface area contributed by atoms with Crippen molar-refractivity contribution in [2.45, 2.75) is 26.4 Å². The molecule has 1 N–H and O–H groups in total. The minimum atomic E-state index is 0.380. The molecule has 0 aliphatic heterocycles. The van der Waals surface area contributed by atoms with E-state index in [1.165, 1.54) is 20.3 Å². The summed E-state index contributed by atoms with van der Waals surface area (Å²) in [5.41, 5.74) is 3.98. The second-order valence-electron chi connectivity index (χ2n) is 4.64. The molecule has 1 nitrogen and oxygen atoms in total. The first-order valence-corrected chi connectivity index (χ1v) is 7.27. The van der Waals surface area contributed by atoms with E-state index in [1.54, 1.807) is 0 Å². The third kappa shape index (κ3) is 3.82. The van der Waals surface area contributed by atoms with Crippen molar-refractivity contribution in [2.24, 2.45) is 0 Å². The van der Waals surface area contributed by atoms with E-state index in [4.69, 9.17) is 0 Å². The summed E-state index contributed by atoms with van der Waals surface area (Å²) in [4.78, 5) is 0. The highest BCUT2D eigenvalue weighted by Crippen LogP contribution is 2.14. The van der Waals surface area contributed by atoms with Gasteiger partial charge in [-0.05, 0) is 59.7 Å². The van der Waals surface area contributed by atoms with Crippen LogP contribution in [0, 0.1) is 10.5 Å². The number of aryl methyl sites for hydroxylation is 1. The second kappa shape index (κ2) is 6.34. The van der Waals surface area contributed by atoms with Gasteiger partial charge in [0.1, 0.15) is 0 Å². The van der Waals surface area contributed by atoms with Crippen molar-refractivity contribution in [2.75, 3.05) is 0 Å². The maximum atomic E-state index is 3.55. The van der Waals surface area contributed by atoms with E-state index in [2.05, 4.69) is 90.3 Å². The van der Waals surface area contributed by atoms with Gasteiger partial charge in [-0.2, -0.15) is 0 Å². The third-order valence-corrected chi connectivity index (χ3v) is 3.82. The largest absolute Gasteiger partial charge is 0.306 e. The van der Waals surface area contributed by atoms with Crippen LogP contribution >= 0.6 is 22.6 Å². The molecule has 0 fully saturated rings. The van der Waals surface area contributed by atoms with Crippen LogP contribution in [0.3, 0.4) is 0 Å². The molecule has 18 heavy (non-hydrogen) atoms. The normalized spacial score (nSPS) is 12.4. The van der Waals surface area contributed by atoms with Crippen LogP contribution in [0.1, 0.15) is 29.7 Å². The predicted octanol–water partition coefficient (Wildman–Crippen LogP) is 4.45. The highest BCUT2D eigenvalue weighted by molar-refractivity contribution is 14.1. The van der Waals surface area contributed by atoms with E-state index < -0.39 is 0 Å². The molecule has 0 aliphatic rings. The fraction of sp³-hybridized carbons (Fsp3) is 0.250. The summed E-state index contributed by atoms with van der Waals surface area (Å²) < 4.78 is 1.28. The van der Waals surface area contributed by atoms with Gasteiger partial charge in [0, 0.05) is 16.2 Å². The Bertz CT molecular complexity index is 488. The Balaban J connectivity index is 1.93. The molecule has 0 radical (unpaired) electrons.